The fraction of sp³-hybridized carbons (Fsp3) is 0.350. The molecule has 0 radical (unpaired) electrons. The second kappa shape index (κ2) is 10.2. The van der Waals surface area contributed by atoms with Crippen LogP contribution in [0.15, 0.2) is 59.5 Å². The van der Waals surface area contributed by atoms with Crippen LogP contribution < -0.4 is 5.32 Å². The minimum absolute atomic E-state index is 0.0334. The molecule has 2 rings (SSSR count). The molecule has 0 aliphatic carbocycles. The number of nitrogens with one attached hydrogen (secondary N) is 1. The van der Waals surface area contributed by atoms with Crippen LogP contribution in [-0.2, 0) is 11.2 Å². The van der Waals surface area contributed by atoms with E-state index in [2.05, 4.69) is 59.7 Å². The third-order valence-corrected chi connectivity index (χ3v) is 4.85. The van der Waals surface area contributed by atoms with Gasteiger partial charge in [0.15, 0.2) is 0 Å². The topological polar surface area (TPSA) is 32.3 Å². The summed E-state index contributed by atoms with van der Waals surface area (Å²) >= 11 is 1.87. The van der Waals surface area contributed by atoms with Crippen LogP contribution in [0.1, 0.15) is 18.9 Å². The highest BCUT2D eigenvalue weighted by Crippen LogP contribution is 2.21. The zero-order valence-corrected chi connectivity index (χ0v) is 15.3. The molecule has 1 N–H and O–H groups in total. The summed E-state index contributed by atoms with van der Waals surface area (Å²) < 4.78 is 0. The van der Waals surface area contributed by atoms with Gasteiger partial charge in [-0.25, -0.2) is 0 Å². The van der Waals surface area contributed by atoms with E-state index in [1.165, 1.54) is 23.8 Å². The predicted octanol–water partition coefficient (Wildman–Crippen LogP) is 4.30. The first kappa shape index (κ1) is 18.6. The summed E-state index contributed by atoms with van der Waals surface area (Å²) in [6, 6.07) is 18.7. The van der Waals surface area contributed by atoms with E-state index in [9.17, 15) is 4.79 Å². The summed E-state index contributed by atoms with van der Waals surface area (Å²) in [5.74, 6) is 1.07. The van der Waals surface area contributed by atoms with Crippen LogP contribution >= 0.6 is 11.8 Å². The molecule has 2 aromatic rings. The lowest BCUT2D eigenvalue weighted by atomic mass is 10.1. The number of hydrogen-bond donors (Lipinski definition) is 1. The van der Waals surface area contributed by atoms with Gasteiger partial charge >= 0.3 is 0 Å². The lowest BCUT2D eigenvalue weighted by molar-refractivity contribution is -0.114. The molecule has 0 heterocycles. The Hall–Kier alpha value is -1.78. The van der Waals surface area contributed by atoms with E-state index in [1.807, 2.05) is 23.9 Å². The molecule has 0 aromatic heterocycles. The Bertz CT molecular complexity index is 613. The predicted molar refractivity (Wildman–Crippen MR) is 104 cm³/mol. The molecule has 0 bridgehead atoms. The smallest absolute Gasteiger partial charge is 0.221 e. The van der Waals surface area contributed by atoms with Crippen LogP contribution in [0.4, 0.5) is 5.69 Å². The van der Waals surface area contributed by atoms with E-state index in [1.54, 1.807) is 0 Å². The molecule has 128 valence electrons. The molecule has 0 fully saturated rings. The number of nitrogens with zero attached hydrogens (tertiary/aromatic N) is 1. The van der Waals surface area contributed by atoms with Crippen LogP contribution in [0, 0.1) is 0 Å². The summed E-state index contributed by atoms with van der Waals surface area (Å²) in [5.41, 5.74) is 2.26. The highest BCUT2D eigenvalue weighted by molar-refractivity contribution is 7.99. The van der Waals surface area contributed by atoms with Gasteiger partial charge in [-0.1, -0.05) is 30.3 Å². The van der Waals surface area contributed by atoms with E-state index in [0.29, 0.717) is 0 Å². The van der Waals surface area contributed by atoms with Crippen molar-refractivity contribution in [1.82, 2.24) is 4.90 Å². The van der Waals surface area contributed by atoms with Crippen molar-refractivity contribution in [3.8, 4) is 0 Å². The Balaban J connectivity index is 1.61. The molecule has 2 aromatic carbocycles. The molecular weight excluding hydrogens is 316 g/mol. The molecule has 0 saturated carbocycles. The monoisotopic (exact) mass is 342 g/mol. The number of amides is 1. The second-order valence-electron chi connectivity index (χ2n) is 5.95. The van der Waals surface area contributed by atoms with Crippen molar-refractivity contribution in [3.05, 3.63) is 60.2 Å². The van der Waals surface area contributed by atoms with E-state index < -0.39 is 0 Å². The van der Waals surface area contributed by atoms with Crippen LogP contribution in [0.5, 0.6) is 0 Å². The molecule has 0 aliphatic heterocycles. The molecule has 0 unspecified atom stereocenters. The standard InChI is InChI=1S/C20H26N2OS/c1-17(23)21-19-9-11-20(12-10-19)24-16-6-14-22(2)15-13-18-7-4-3-5-8-18/h3-5,7-12H,6,13-16H2,1-2H3,(H,21,23). The van der Waals surface area contributed by atoms with E-state index in [4.69, 9.17) is 0 Å². The van der Waals surface area contributed by atoms with Crippen molar-refractivity contribution in [2.75, 3.05) is 31.2 Å². The Labute approximate surface area is 149 Å². The molecule has 0 spiro atoms. The van der Waals surface area contributed by atoms with Crippen molar-refractivity contribution >= 4 is 23.4 Å². The number of carbonyl (C=O) groups is 1. The lowest BCUT2D eigenvalue weighted by Gasteiger charge is -2.16. The maximum Gasteiger partial charge on any atom is 0.221 e. The lowest BCUT2D eigenvalue weighted by Crippen LogP contribution is -2.22. The Morgan fingerprint density at radius 3 is 2.42 bits per heavy atom. The van der Waals surface area contributed by atoms with Gasteiger partial charge in [-0.3, -0.25) is 4.79 Å². The van der Waals surface area contributed by atoms with Gasteiger partial charge in [0.1, 0.15) is 0 Å². The fourth-order valence-electron chi connectivity index (χ4n) is 2.44. The normalized spacial score (nSPS) is 10.8. The van der Waals surface area contributed by atoms with Gasteiger partial charge in [0.25, 0.3) is 0 Å². The number of anilines is 1. The number of carbonyl (C=O) groups excluding carboxylic acids is 1. The molecule has 24 heavy (non-hydrogen) atoms. The van der Waals surface area contributed by atoms with Gasteiger partial charge in [-0.2, -0.15) is 0 Å². The Kier molecular flexibility index (Phi) is 7.86. The van der Waals surface area contributed by atoms with Crippen molar-refractivity contribution in [3.63, 3.8) is 0 Å². The van der Waals surface area contributed by atoms with E-state index in [-0.39, 0.29) is 5.91 Å². The summed E-state index contributed by atoms with van der Waals surface area (Å²) in [7, 11) is 2.19. The maximum absolute atomic E-state index is 11.0. The minimum Gasteiger partial charge on any atom is -0.326 e. The number of hydrogen-bond acceptors (Lipinski definition) is 3. The molecule has 1 amide bonds. The first-order valence-electron chi connectivity index (χ1n) is 8.36. The van der Waals surface area contributed by atoms with Crippen LogP contribution in [0.3, 0.4) is 0 Å². The number of likely N-dealkylation sites (N-methyl/N-ethyl adjacent to an activating group) is 1. The Morgan fingerprint density at radius 2 is 1.75 bits per heavy atom. The van der Waals surface area contributed by atoms with Crippen LogP contribution in [0.25, 0.3) is 0 Å². The zero-order chi connectivity index (χ0) is 17.2. The largest absolute Gasteiger partial charge is 0.326 e. The van der Waals surface area contributed by atoms with Crippen molar-refractivity contribution in [2.24, 2.45) is 0 Å². The van der Waals surface area contributed by atoms with Gasteiger partial charge in [0.05, 0.1) is 0 Å². The molecule has 0 atom stereocenters. The molecule has 0 saturated heterocycles. The highest BCUT2D eigenvalue weighted by atomic mass is 32.2. The van der Waals surface area contributed by atoms with Crippen LogP contribution in [0.2, 0.25) is 0 Å². The number of benzene rings is 2. The van der Waals surface area contributed by atoms with E-state index >= 15 is 0 Å². The SMILES string of the molecule is CC(=O)Nc1ccc(SCCCN(C)CCc2ccccc2)cc1. The van der Waals surface area contributed by atoms with Crippen LogP contribution in [-0.4, -0.2) is 36.7 Å². The quantitative estimate of drug-likeness (QED) is 0.545. The van der Waals surface area contributed by atoms with Gasteiger partial charge < -0.3 is 10.2 Å². The first-order valence-corrected chi connectivity index (χ1v) is 9.35. The van der Waals surface area contributed by atoms with Gasteiger partial charge in [0, 0.05) is 24.1 Å². The molecule has 0 aliphatic rings. The summed E-state index contributed by atoms with van der Waals surface area (Å²) in [6.45, 7) is 3.74. The fourth-order valence-corrected chi connectivity index (χ4v) is 3.28. The summed E-state index contributed by atoms with van der Waals surface area (Å²) in [4.78, 5) is 14.6. The van der Waals surface area contributed by atoms with E-state index in [0.717, 1.165) is 31.0 Å². The average Bonchev–Trinajstić information content (AvgIpc) is 2.59. The van der Waals surface area contributed by atoms with Gasteiger partial charge in [-0.15, -0.1) is 11.8 Å². The van der Waals surface area contributed by atoms with Gasteiger partial charge in [0.2, 0.25) is 5.91 Å². The zero-order valence-electron chi connectivity index (χ0n) is 14.5. The number of thioether (sulfide) groups is 1. The van der Waals surface area contributed by atoms with Gasteiger partial charge in [-0.05, 0) is 62.0 Å². The third kappa shape index (κ3) is 7.20. The highest BCUT2D eigenvalue weighted by Gasteiger charge is 2.01. The van der Waals surface area contributed by atoms with Crippen molar-refractivity contribution in [2.45, 2.75) is 24.7 Å². The number of rotatable bonds is 9. The van der Waals surface area contributed by atoms with Crippen molar-refractivity contribution in [1.29, 1.82) is 0 Å². The molecule has 4 heteroatoms. The third-order valence-electron chi connectivity index (χ3n) is 3.75. The average molecular weight is 343 g/mol. The van der Waals surface area contributed by atoms with Crippen molar-refractivity contribution < 1.29 is 4.79 Å². The molecular formula is C20H26N2OS. The summed E-state index contributed by atoms with van der Waals surface area (Å²) in [5, 5.41) is 2.79. The minimum atomic E-state index is -0.0334. The Morgan fingerprint density at radius 1 is 1.04 bits per heavy atom. The second-order valence-corrected chi connectivity index (χ2v) is 7.11. The molecule has 3 nitrogen and oxygen atoms in total. The maximum atomic E-state index is 11.0. The summed E-state index contributed by atoms with van der Waals surface area (Å²) in [6.07, 6.45) is 2.28. The first-order chi connectivity index (χ1) is 11.6.